The molecule has 0 saturated heterocycles. The third-order valence-electron chi connectivity index (χ3n) is 2.35. The highest BCUT2D eigenvalue weighted by Gasteiger charge is 2.02. The molecule has 0 bridgehead atoms. The van der Waals surface area contributed by atoms with E-state index < -0.39 is 0 Å². The highest BCUT2D eigenvalue weighted by molar-refractivity contribution is 5.60. The molecule has 0 aliphatic carbocycles. The molecule has 5 heteroatoms. The second-order valence-corrected chi connectivity index (χ2v) is 3.91. The van der Waals surface area contributed by atoms with Gasteiger partial charge in [-0.3, -0.25) is 0 Å². The molecule has 0 saturated carbocycles. The van der Waals surface area contributed by atoms with E-state index in [0.29, 0.717) is 5.82 Å². The van der Waals surface area contributed by atoms with Crippen molar-refractivity contribution in [1.82, 2.24) is 9.97 Å². The summed E-state index contributed by atoms with van der Waals surface area (Å²) >= 11 is 0. The molecule has 0 amide bonds. The van der Waals surface area contributed by atoms with E-state index in [1.807, 2.05) is 36.4 Å². The third-order valence-corrected chi connectivity index (χ3v) is 2.35. The Labute approximate surface area is 106 Å². The van der Waals surface area contributed by atoms with Gasteiger partial charge in [-0.2, -0.15) is 9.97 Å². The lowest BCUT2D eigenvalue weighted by Crippen LogP contribution is -2.06. The minimum Gasteiger partial charge on any atom is -0.370 e. The Bertz CT molecular complexity index is 498. The lowest BCUT2D eigenvalue weighted by atomic mass is 10.3. The van der Waals surface area contributed by atoms with Crippen molar-refractivity contribution in [3.63, 3.8) is 0 Å². The van der Waals surface area contributed by atoms with Gasteiger partial charge in [-0.15, -0.1) is 0 Å². The molecule has 0 atom stereocenters. The molecule has 0 spiro atoms. The molecule has 5 nitrogen and oxygen atoms in total. The van der Waals surface area contributed by atoms with Gasteiger partial charge in [0, 0.05) is 18.3 Å². The fourth-order valence-electron chi connectivity index (χ4n) is 1.54. The van der Waals surface area contributed by atoms with Gasteiger partial charge in [-0.05, 0) is 18.6 Å². The molecule has 0 aliphatic rings. The molecule has 4 N–H and O–H groups in total. The van der Waals surface area contributed by atoms with Gasteiger partial charge < -0.3 is 16.4 Å². The third kappa shape index (κ3) is 3.35. The summed E-state index contributed by atoms with van der Waals surface area (Å²) in [5.41, 5.74) is 6.65. The van der Waals surface area contributed by atoms with Crippen LogP contribution in [-0.4, -0.2) is 16.5 Å². The largest absolute Gasteiger partial charge is 0.370 e. The lowest BCUT2D eigenvalue weighted by molar-refractivity contribution is 0.967. The Kier molecular flexibility index (Phi) is 3.96. The zero-order valence-corrected chi connectivity index (χ0v) is 10.4. The lowest BCUT2D eigenvalue weighted by Gasteiger charge is -2.09. The molecule has 18 heavy (non-hydrogen) atoms. The number of rotatable bonds is 5. The van der Waals surface area contributed by atoms with Crippen LogP contribution in [0.3, 0.4) is 0 Å². The Morgan fingerprint density at radius 2 is 1.83 bits per heavy atom. The van der Waals surface area contributed by atoms with Gasteiger partial charge in [0.05, 0.1) is 0 Å². The van der Waals surface area contributed by atoms with Crippen LogP contribution in [0.15, 0.2) is 36.4 Å². The predicted molar refractivity (Wildman–Crippen MR) is 74.9 cm³/mol. The molecule has 94 valence electrons. The summed E-state index contributed by atoms with van der Waals surface area (Å²) in [7, 11) is 0. The molecular formula is C13H17N5. The van der Waals surface area contributed by atoms with Gasteiger partial charge in [0.15, 0.2) is 0 Å². The summed E-state index contributed by atoms with van der Waals surface area (Å²) in [6, 6.07) is 11.7. The van der Waals surface area contributed by atoms with E-state index in [-0.39, 0.29) is 5.95 Å². The summed E-state index contributed by atoms with van der Waals surface area (Å²) in [5.74, 6) is 1.68. The molecule has 0 fully saturated rings. The number of aromatic nitrogens is 2. The maximum atomic E-state index is 5.68. The first-order chi connectivity index (χ1) is 8.78. The number of anilines is 4. The number of para-hydroxylation sites is 1. The van der Waals surface area contributed by atoms with Gasteiger partial charge >= 0.3 is 0 Å². The first-order valence-corrected chi connectivity index (χ1v) is 5.98. The molecule has 2 aromatic rings. The van der Waals surface area contributed by atoms with E-state index in [2.05, 4.69) is 27.5 Å². The molecule has 0 radical (unpaired) electrons. The van der Waals surface area contributed by atoms with Gasteiger partial charge in [0.1, 0.15) is 11.6 Å². The van der Waals surface area contributed by atoms with Crippen LogP contribution in [0, 0.1) is 0 Å². The van der Waals surface area contributed by atoms with E-state index in [0.717, 1.165) is 24.5 Å². The van der Waals surface area contributed by atoms with Crippen molar-refractivity contribution in [2.24, 2.45) is 0 Å². The fraction of sp³-hybridized carbons (Fsp3) is 0.231. The smallest absolute Gasteiger partial charge is 0.223 e. The second-order valence-electron chi connectivity index (χ2n) is 3.91. The summed E-state index contributed by atoms with van der Waals surface area (Å²) < 4.78 is 0. The van der Waals surface area contributed by atoms with E-state index in [4.69, 9.17) is 5.73 Å². The number of hydrogen-bond acceptors (Lipinski definition) is 5. The van der Waals surface area contributed by atoms with Crippen molar-refractivity contribution >= 4 is 23.3 Å². The highest BCUT2D eigenvalue weighted by Crippen LogP contribution is 2.17. The first-order valence-electron chi connectivity index (χ1n) is 5.98. The van der Waals surface area contributed by atoms with Crippen LogP contribution in [0.4, 0.5) is 23.3 Å². The SMILES string of the molecule is CCCNc1cc(Nc2ccccc2)nc(N)n1. The van der Waals surface area contributed by atoms with Gasteiger partial charge in [-0.25, -0.2) is 0 Å². The highest BCUT2D eigenvalue weighted by atomic mass is 15.1. The maximum absolute atomic E-state index is 5.68. The maximum Gasteiger partial charge on any atom is 0.223 e. The number of nitrogens with zero attached hydrogens (tertiary/aromatic N) is 2. The minimum absolute atomic E-state index is 0.259. The average Bonchev–Trinajstić information content (AvgIpc) is 2.37. The van der Waals surface area contributed by atoms with E-state index in [1.54, 1.807) is 0 Å². The molecule has 0 aliphatic heterocycles. The quantitative estimate of drug-likeness (QED) is 0.752. The van der Waals surface area contributed by atoms with Crippen LogP contribution in [0.1, 0.15) is 13.3 Å². The van der Waals surface area contributed by atoms with Crippen LogP contribution < -0.4 is 16.4 Å². The summed E-state index contributed by atoms with van der Waals surface area (Å²) in [5, 5.41) is 6.38. The zero-order valence-electron chi connectivity index (χ0n) is 10.4. The van der Waals surface area contributed by atoms with Crippen molar-refractivity contribution < 1.29 is 0 Å². The van der Waals surface area contributed by atoms with Crippen LogP contribution >= 0.6 is 0 Å². The summed E-state index contributed by atoms with van der Waals surface area (Å²) in [6.07, 6.45) is 1.03. The van der Waals surface area contributed by atoms with Crippen LogP contribution in [0.25, 0.3) is 0 Å². The minimum atomic E-state index is 0.259. The Balaban J connectivity index is 2.15. The standard InChI is InChI=1S/C13H17N5/c1-2-8-15-11-9-12(18-13(14)17-11)16-10-6-4-3-5-7-10/h3-7,9H,2,8H2,1H3,(H4,14,15,16,17,18). The monoisotopic (exact) mass is 243 g/mol. The Morgan fingerprint density at radius 1 is 1.11 bits per heavy atom. The van der Waals surface area contributed by atoms with Crippen LogP contribution in [0.5, 0.6) is 0 Å². The predicted octanol–water partition coefficient (Wildman–Crippen LogP) is 2.62. The number of nitrogens with two attached hydrogens (primary N) is 1. The Hall–Kier alpha value is -2.30. The van der Waals surface area contributed by atoms with Crippen LogP contribution in [0.2, 0.25) is 0 Å². The molecule has 2 rings (SSSR count). The topological polar surface area (TPSA) is 75.9 Å². The second kappa shape index (κ2) is 5.86. The molecular weight excluding hydrogens is 226 g/mol. The summed E-state index contributed by atoms with van der Waals surface area (Å²) in [4.78, 5) is 8.28. The fourth-order valence-corrected chi connectivity index (χ4v) is 1.54. The van der Waals surface area contributed by atoms with Gasteiger partial charge in [0.2, 0.25) is 5.95 Å². The van der Waals surface area contributed by atoms with E-state index in [9.17, 15) is 0 Å². The van der Waals surface area contributed by atoms with Gasteiger partial charge in [0.25, 0.3) is 0 Å². The van der Waals surface area contributed by atoms with Crippen molar-refractivity contribution in [2.75, 3.05) is 22.9 Å². The number of benzene rings is 1. The number of nitrogens with one attached hydrogen (secondary N) is 2. The van der Waals surface area contributed by atoms with Crippen molar-refractivity contribution in [3.05, 3.63) is 36.4 Å². The van der Waals surface area contributed by atoms with Crippen molar-refractivity contribution in [3.8, 4) is 0 Å². The number of nitrogen functional groups attached to an aromatic ring is 1. The first kappa shape index (κ1) is 12.2. The molecule has 0 unspecified atom stereocenters. The normalized spacial score (nSPS) is 10.1. The van der Waals surface area contributed by atoms with Crippen molar-refractivity contribution in [2.45, 2.75) is 13.3 Å². The number of hydrogen-bond donors (Lipinski definition) is 3. The van der Waals surface area contributed by atoms with Crippen LogP contribution in [-0.2, 0) is 0 Å². The van der Waals surface area contributed by atoms with Gasteiger partial charge in [-0.1, -0.05) is 25.1 Å². The summed E-state index contributed by atoms with van der Waals surface area (Å²) in [6.45, 7) is 2.96. The Morgan fingerprint density at radius 3 is 2.56 bits per heavy atom. The van der Waals surface area contributed by atoms with Crippen molar-refractivity contribution in [1.29, 1.82) is 0 Å². The van der Waals surface area contributed by atoms with E-state index >= 15 is 0 Å². The van der Waals surface area contributed by atoms with E-state index in [1.165, 1.54) is 0 Å². The average molecular weight is 243 g/mol. The molecule has 1 heterocycles. The zero-order chi connectivity index (χ0) is 12.8. The molecule has 1 aromatic heterocycles. The molecule has 1 aromatic carbocycles.